The summed E-state index contributed by atoms with van der Waals surface area (Å²) in [5, 5.41) is 11.9. The first-order chi connectivity index (χ1) is 15.8. The number of carboxylic acid groups (broad SMARTS) is 1. The van der Waals surface area contributed by atoms with Crippen LogP contribution >= 0.6 is 11.8 Å². The molecule has 1 aliphatic carbocycles. The van der Waals surface area contributed by atoms with Crippen molar-refractivity contribution in [2.75, 3.05) is 12.4 Å². The SMILES string of the molecule is CC(C)[C@H](NC(=O)OCC1c2ccccc2-c2ccccc21)C(=O)N1C(C)SCC1C(=O)O. The van der Waals surface area contributed by atoms with E-state index in [-0.39, 0.29) is 23.8 Å². The molecule has 4 rings (SSSR count). The average Bonchev–Trinajstić information content (AvgIpc) is 3.33. The number of carboxylic acids is 1. The topological polar surface area (TPSA) is 95.9 Å². The van der Waals surface area contributed by atoms with Crippen LogP contribution in [-0.2, 0) is 14.3 Å². The average molecular weight is 469 g/mol. The largest absolute Gasteiger partial charge is 0.480 e. The minimum Gasteiger partial charge on any atom is -0.480 e. The summed E-state index contributed by atoms with van der Waals surface area (Å²) >= 11 is 1.41. The van der Waals surface area contributed by atoms with E-state index in [1.165, 1.54) is 16.7 Å². The van der Waals surface area contributed by atoms with Crippen LogP contribution < -0.4 is 5.32 Å². The molecular weight excluding hydrogens is 440 g/mol. The van der Waals surface area contributed by atoms with Gasteiger partial charge in [0.2, 0.25) is 5.91 Å². The van der Waals surface area contributed by atoms with Crippen LogP contribution in [-0.4, -0.2) is 57.8 Å². The summed E-state index contributed by atoms with van der Waals surface area (Å²) in [5.74, 6) is -1.42. The molecule has 2 aliphatic rings. The number of carbonyl (C=O) groups is 3. The van der Waals surface area contributed by atoms with E-state index in [0.717, 1.165) is 22.3 Å². The van der Waals surface area contributed by atoms with Crippen LogP contribution in [0.2, 0.25) is 0 Å². The van der Waals surface area contributed by atoms with E-state index < -0.39 is 30.1 Å². The molecule has 2 unspecified atom stereocenters. The molecule has 1 heterocycles. The quantitative estimate of drug-likeness (QED) is 0.667. The van der Waals surface area contributed by atoms with Gasteiger partial charge in [-0.2, -0.15) is 0 Å². The number of hydrogen-bond acceptors (Lipinski definition) is 5. The third-order valence-corrected chi connectivity index (χ3v) is 7.53. The minimum atomic E-state index is -1.04. The monoisotopic (exact) mass is 468 g/mol. The fraction of sp³-hybridized carbons (Fsp3) is 0.400. The molecule has 1 aliphatic heterocycles. The van der Waals surface area contributed by atoms with Gasteiger partial charge in [0.05, 0.1) is 5.37 Å². The van der Waals surface area contributed by atoms with Gasteiger partial charge in [-0.3, -0.25) is 4.79 Å². The molecule has 0 spiro atoms. The molecule has 0 saturated carbocycles. The van der Waals surface area contributed by atoms with E-state index in [0.29, 0.717) is 5.75 Å². The zero-order valence-electron chi connectivity index (χ0n) is 18.9. The first-order valence-corrected chi connectivity index (χ1v) is 12.1. The van der Waals surface area contributed by atoms with Crippen molar-refractivity contribution in [3.05, 3.63) is 59.7 Å². The van der Waals surface area contributed by atoms with E-state index in [9.17, 15) is 19.5 Å². The highest BCUT2D eigenvalue weighted by Crippen LogP contribution is 2.44. The summed E-state index contributed by atoms with van der Waals surface area (Å²) in [6.07, 6.45) is -0.685. The lowest BCUT2D eigenvalue weighted by Gasteiger charge is -2.31. The predicted molar refractivity (Wildman–Crippen MR) is 127 cm³/mol. The molecule has 2 N–H and O–H groups in total. The van der Waals surface area contributed by atoms with Gasteiger partial charge < -0.3 is 20.1 Å². The molecule has 2 aromatic carbocycles. The normalized spacial score (nSPS) is 20.3. The van der Waals surface area contributed by atoms with Crippen LogP contribution in [0.3, 0.4) is 0 Å². The van der Waals surface area contributed by atoms with Crippen molar-refractivity contribution in [2.24, 2.45) is 5.92 Å². The summed E-state index contributed by atoms with van der Waals surface area (Å²) in [6.45, 7) is 5.58. The lowest BCUT2D eigenvalue weighted by molar-refractivity contribution is -0.150. The second kappa shape index (κ2) is 9.47. The molecule has 7 nitrogen and oxygen atoms in total. The number of fused-ring (bicyclic) bond motifs is 3. The Bertz CT molecular complexity index is 1030. The smallest absolute Gasteiger partial charge is 0.407 e. The number of ether oxygens (including phenoxy) is 1. The Balaban J connectivity index is 1.45. The Labute approximate surface area is 197 Å². The molecule has 174 valence electrons. The number of carbonyl (C=O) groups excluding carboxylic acids is 2. The highest BCUT2D eigenvalue weighted by Gasteiger charge is 2.43. The van der Waals surface area contributed by atoms with Crippen molar-refractivity contribution >= 4 is 29.7 Å². The van der Waals surface area contributed by atoms with Gasteiger partial charge in [-0.05, 0) is 35.1 Å². The lowest BCUT2D eigenvalue weighted by atomic mass is 9.98. The van der Waals surface area contributed by atoms with Crippen LogP contribution in [0.1, 0.15) is 37.8 Å². The van der Waals surface area contributed by atoms with Gasteiger partial charge >= 0.3 is 12.1 Å². The Kier molecular flexibility index (Phi) is 6.65. The number of nitrogens with one attached hydrogen (secondary N) is 1. The van der Waals surface area contributed by atoms with Gasteiger partial charge in [-0.25, -0.2) is 9.59 Å². The van der Waals surface area contributed by atoms with Gasteiger partial charge in [0.1, 0.15) is 18.7 Å². The summed E-state index contributed by atoms with van der Waals surface area (Å²) in [7, 11) is 0. The molecule has 8 heteroatoms. The fourth-order valence-corrected chi connectivity index (χ4v) is 5.78. The van der Waals surface area contributed by atoms with Crippen LogP contribution in [0.5, 0.6) is 0 Å². The number of rotatable bonds is 6. The van der Waals surface area contributed by atoms with Crippen LogP contribution in [0, 0.1) is 5.92 Å². The highest BCUT2D eigenvalue weighted by molar-refractivity contribution is 8.00. The summed E-state index contributed by atoms with van der Waals surface area (Å²) in [4.78, 5) is 38.9. The van der Waals surface area contributed by atoms with Crippen molar-refractivity contribution in [3.63, 3.8) is 0 Å². The number of nitrogens with zero attached hydrogens (tertiary/aromatic N) is 1. The molecule has 0 radical (unpaired) electrons. The second-order valence-electron chi connectivity index (χ2n) is 8.72. The van der Waals surface area contributed by atoms with E-state index in [1.54, 1.807) is 6.92 Å². The number of benzene rings is 2. The maximum atomic E-state index is 13.2. The Morgan fingerprint density at radius 3 is 2.21 bits per heavy atom. The second-order valence-corrected chi connectivity index (χ2v) is 10.1. The molecule has 1 saturated heterocycles. The fourth-order valence-electron chi connectivity index (χ4n) is 4.61. The van der Waals surface area contributed by atoms with Crippen molar-refractivity contribution in [2.45, 2.75) is 44.1 Å². The zero-order chi connectivity index (χ0) is 23.7. The summed E-state index contributed by atoms with van der Waals surface area (Å²) < 4.78 is 5.59. The number of amides is 2. The van der Waals surface area contributed by atoms with E-state index >= 15 is 0 Å². The molecule has 0 aromatic heterocycles. The molecular formula is C25H28N2O5S. The van der Waals surface area contributed by atoms with Crippen LogP contribution in [0.4, 0.5) is 4.79 Å². The third kappa shape index (κ3) is 4.44. The molecule has 2 aromatic rings. The van der Waals surface area contributed by atoms with Crippen molar-refractivity contribution in [3.8, 4) is 11.1 Å². The number of alkyl carbamates (subject to hydrolysis) is 1. The summed E-state index contributed by atoms with van der Waals surface area (Å²) in [6, 6.07) is 14.4. The molecule has 3 atom stereocenters. The van der Waals surface area contributed by atoms with Crippen LogP contribution in [0.25, 0.3) is 11.1 Å². The van der Waals surface area contributed by atoms with Crippen molar-refractivity contribution in [1.29, 1.82) is 0 Å². The maximum Gasteiger partial charge on any atom is 0.407 e. The van der Waals surface area contributed by atoms with Gasteiger partial charge in [0, 0.05) is 11.7 Å². The molecule has 0 bridgehead atoms. The molecule has 1 fully saturated rings. The Morgan fingerprint density at radius 1 is 1.09 bits per heavy atom. The predicted octanol–water partition coefficient (Wildman–Crippen LogP) is 3.92. The van der Waals surface area contributed by atoms with Crippen LogP contribution in [0.15, 0.2) is 48.5 Å². The Morgan fingerprint density at radius 2 is 1.67 bits per heavy atom. The number of hydrogen-bond donors (Lipinski definition) is 2. The van der Waals surface area contributed by atoms with Gasteiger partial charge in [-0.15, -0.1) is 11.8 Å². The third-order valence-electron chi connectivity index (χ3n) is 6.31. The summed E-state index contributed by atoms with van der Waals surface area (Å²) in [5.41, 5.74) is 4.49. The molecule has 33 heavy (non-hydrogen) atoms. The van der Waals surface area contributed by atoms with Gasteiger partial charge in [0.25, 0.3) is 0 Å². The van der Waals surface area contributed by atoms with E-state index in [4.69, 9.17) is 4.74 Å². The van der Waals surface area contributed by atoms with Crippen molar-refractivity contribution in [1.82, 2.24) is 10.2 Å². The zero-order valence-corrected chi connectivity index (χ0v) is 19.7. The number of aliphatic carboxylic acids is 1. The Hall–Kier alpha value is -3.00. The van der Waals surface area contributed by atoms with Gasteiger partial charge in [-0.1, -0.05) is 62.4 Å². The van der Waals surface area contributed by atoms with Crippen molar-refractivity contribution < 1.29 is 24.2 Å². The minimum absolute atomic E-state index is 0.0808. The highest BCUT2D eigenvalue weighted by atomic mass is 32.2. The lowest BCUT2D eigenvalue weighted by Crippen LogP contribution is -2.55. The van der Waals surface area contributed by atoms with E-state index in [1.807, 2.05) is 50.2 Å². The van der Waals surface area contributed by atoms with E-state index in [2.05, 4.69) is 17.4 Å². The first-order valence-electron chi connectivity index (χ1n) is 11.1. The standard InChI is InChI=1S/C25H28N2O5S/c1-14(2)22(23(28)27-15(3)33-13-21(27)24(29)30)26-25(31)32-12-20-18-10-6-4-8-16(18)17-9-5-7-11-19(17)20/h4-11,14-15,20-22H,12-13H2,1-3H3,(H,26,31)(H,29,30)/t15?,21?,22-/m0/s1. The van der Waals surface area contributed by atoms with Gasteiger partial charge in [0.15, 0.2) is 0 Å². The number of thioether (sulfide) groups is 1. The maximum absolute atomic E-state index is 13.2. The molecule has 2 amide bonds. The first kappa shape index (κ1) is 23.2.